The number of morpholine rings is 1. The van der Waals surface area contributed by atoms with Gasteiger partial charge in [0.2, 0.25) is 0 Å². The van der Waals surface area contributed by atoms with Gasteiger partial charge in [-0.05, 0) is 42.5 Å². The van der Waals surface area contributed by atoms with E-state index in [9.17, 15) is 9.59 Å². The van der Waals surface area contributed by atoms with Gasteiger partial charge in [-0.1, -0.05) is 36.4 Å². The molecule has 0 aliphatic carbocycles. The summed E-state index contributed by atoms with van der Waals surface area (Å²) in [5, 5.41) is 17.0. The number of carboxylic acid groups (broad SMARTS) is 1. The first-order valence-corrected chi connectivity index (χ1v) is 12.9. The highest BCUT2D eigenvalue weighted by Gasteiger charge is 2.21. The molecule has 3 aromatic heterocycles. The van der Waals surface area contributed by atoms with Gasteiger partial charge in [-0.3, -0.25) is 9.59 Å². The van der Waals surface area contributed by atoms with Crippen molar-refractivity contribution in [2.24, 2.45) is 0 Å². The molecule has 1 saturated heterocycles. The summed E-state index contributed by atoms with van der Waals surface area (Å²) in [6, 6.07) is 20.9. The third-order valence-electron chi connectivity index (χ3n) is 6.73. The summed E-state index contributed by atoms with van der Waals surface area (Å²) >= 11 is 0. The fraction of sp³-hybridized carbons (Fsp3) is 0.167. The van der Waals surface area contributed by atoms with Gasteiger partial charge in [-0.15, -0.1) is 0 Å². The van der Waals surface area contributed by atoms with Crippen molar-refractivity contribution in [1.82, 2.24) is 24.9 Å². The minimum absolute atomic E-state index is 0.359. The molecule has 2 aromatic carbocycles. The number of anilines is 1. The maximum atomic E-state index is 12.4. The highest BCUT2D eigenvalue weighted by molar-refractivity contribution is 5.96. The molecule has 1 aliphatic heterocycles. The number of fused-ring (bicyclic) bond motifs is 2. The number of carboxylic acids is 1. The molecule has 10 nitrogen and oxygen atoms in total. The SMILES string of the molecule is O=C(O)CNC(=O)c1ccc(-c2c(C=Cc3ccc4ccccc4n3)nc3c(N4CCOCC4)ccnn23)cc1. The van der Waals surface area contributed by atoms with Crippen molar-refractivity contribution >= 4 is 46.3 Å². The van der Waals surface area contributed by atoms with Gasteiger partial charge in [0.1, 0.15) is 12.2 Å². The van der Waals surface area contributed by atoms with Crippen LogP contribution in [0.3, 0.4) is 0 Å². The van der Waals surface area contributed by atoms with Crippen LogP contribution in [0.5, 0.6) is 0 Å². The van der Waals surface area contributed by atoms with E-state index >= 15 is 0 Å². The van der Waals surface area contributed by atoms with Crippen molar-refractivity contribution in [3.63, 3.8) is 0 Å². The minimum atomic E-state index is -1.10. The summed E-state index contributed by atoms with van der Waals surface area (Å²) < 4.78 is 7.36. The van der Waals surface area contributed by atoms with Crippen LogP contribution in [-0.2, 0) is 9.53 Å². The number of pyridine rings is 1. The van der Waals surface area contributed by atoms with E-state index in [1.165, 1.54) is 0 Å². The van der Waals surface area contributed by atoms with Gasteiger partial charge in [0.05, 0.1) is 42.0 Å². The summed E-state index contributed by atoms with van der Waals surface area (Å²) in [5.41, 5.74) is 6.02. The van der Waals surface area contributed by atoms with E-state index in [0.717, 1.165) is 46.6 Å². The molecule has 0 spiro atoms. The number of nitrogens with zero attached hydrogens (tertiary/aromatic N) is 5. The van der Waals surface area contributed by atoms with Gasteiger partial charge >= 0.3 is 5.97 Å². The van der Waals surface area contributed by atoms with Crippen LogP contribution in [0.4, 0.5) is 5.69 Å². The number of carbonyl (C=O) groups excluding carboxylic acids is 1. The maximum Gasteiger partial charge on any atom is 0.322 e. The second kappa shape index (κ2) is 11.0. The molecule has 10 heteroatoms. The van der Waals surface area contributed by atoms with Crippen molar-refractivity contribution in [3.8, 4) is 11.3 Å². The quantitative estimate of drug-likeness (QED) is 0.324. The fourth-order valence-electron chi connectivity index (χ4n) is 4.77. The normalized spacial score (nSPS) is 13.8. The molecule has 0 atom stereocenters. The molecule has 40 heavy (non-hydrogen) atoms. The zero-order valence-corrected chi connectivity index (χ0v) is 21.5. The molecule has 200 valence electrons. The molecule has 0 bridgehead atoms. The Bertz CT molecular complexity index is 1740. The number of aliphatic carboxylic acids is 1. The first-order valence-electron chi connectivity index (χ1n) is 12.9. The second-order valence-electron chi connectivity index (χ2n) is 9.31. The fourth-order valence-corrected chi connectivity index (χ4v) is 4.77. The molecule has 2 N–H and O–H groups in total. The van der Waals surface area contributed by atoms with E-state index < -0.39 is 18.4 Å². The Kier molecular flexibility index (Phi) is 6.90. The van der Waals surface area contributed by atoms with E-state index in [1.807, 2.05) is 71.3 Å². The monoisotopic (exact) mass is 534 g/mol. The number of ether oxygens (including phenoxy) is 1. The van der Waals surface area contributed by atoms with Crippen molar-refractivity contribution in [2.45, 2.75) is 0 Å². The summed E-state index contributed by atoms with van der Waals surface area (Å²) in [6.45, 7) is 2.37. The number of benzene rings is 2. The number of hydrogen-bond acceptors (Lipinski definition) is 7. The Labute approximate surface area is 229 Å². The Morgan fingerprint density at radius 3 is 2.55 bits per heavy atom. The Hall–Kier alpha value is -5.09. The van der Waals surface area contributed by atoms with Gasteiger partial charge < -0.3 is 20.1 Å². The molecule has 1 fully saturated rings. The van der Waals surface area contributed by atoms with E-state index in [4.69, 9.17) is 19.8 Å². The van der Waals surface area contributed by atoms with Crippen LogP contribution in [0.25, 0.3) is 40.0 Å². The Morgan fingerprint density at radius 2 is 1.75 bits per heavy atom. The first kappa shape index (κ1) is 25.2. The number of imidazole rings is 1. The van der Waals surface area contributed by atoms with Crippen LogP contribution in [0.2, 0.25) is 0 Å². The van der Waals surface area contributed by atoms with E-state index in [2.05, 4.69) is 15.3 Å². The van der Waals surface area contributed by atoms with Crippen molar-refractivity contribution in [2.75, 3.05) is 37.7 Å². The predicted molar refractivity (Wildman–Crippen MR) is 152 cm³/mol. The number of carbonyl (C=O) groups is 2. The van der Waals surface area contributed by atoms with Crippen molar-refractivity contribution in [3.05, 3.63) is 89.9 Å². The lowest BCUT2D eigenvalue weighted by Gasteiger charge is -2.28. The van der Waals surface area contributed by atoms with Crippen molar-refractivity contribution < 1.29 is 19.4 Å². The zero-order valence-electron chi connectivity index (χ0n) is 21.5. The molecule has 4 heterocycles. The number of aromatic nitrogens is 4. The van der Waals surface area contributed by atoms with Gasteiger partial charge in [0.25, 0.3) is 5.91 Å². The van der Waals surface area contributed by atoms with Gasteiger partial charge in [0.15, 0.2) is 5.65 Å². The number of hydrogen-bond donors (Lipinski definition) is 2. The molecule has 1 aliphatic rings. The highest BCUT2D eigenvalue weighted by Crippen LogP contribution is 2.31. The third-order valence-corrected chi connectivity index (χ3v) is 6.73. The Morgan fingerprint density at radius 1 is 0.950 bits per heavy atom. The minimum Gasteiger partial charge on any atom is -0.480 e. The van der Waals surface area contributed by atoms with Crippen LogP contribution in [-0.4, -0.2) is 69.4 Å². The zero-order chi connectivity index (χ0) is 27.5. The summed E-state index contributed by atoms with van der Waals surface area (Å²) in [5.74, 6) is -1.56. The summed E-state index contributed by atoms with van der Waals surface area (Å²) in [6.07, 6.45) is 5.62. The average molecular weight is 535 g/mol. The van der Waals surface area contributed by atoms with Gasteiger partial charge in [0, 0.05) is 29.6 Å². The second-order valence-corrected chi connectivity index (χ2v) is 9.31. The number of nitrogens with one attached hydrogen (secondary N) is 1. The highest BCUT2D eigenvalue weighted by atomic mass is 16.5. The number of rotatable bonds is 7. The Balaban J connectivity index is 1.42. The van der Waals surface area contributed by atoms with Crippen LogP contribution < -0.4 is 10.2 Å². The summed E-state index contributed by atoms with van der Waals surface area (Å²) in [7, 11) is 0. The van der Waals surface area contributed by atoms with Crippen LogP contribution >= 0.6 is 0 Å². The van der Waals surface area contributed by atoms with E-state index in [0.29, 0.717) is 30.1 Å². The third kappa shape index (κ3) is 5.12. The van der Waals surface area contributed by atoms with Crippen LogP contribution in [0, 0.1) is 0 Å². The lowest BCUT2D eigenvalue weighted by Crippen LogP contribution is -2.36. The smallest absolute Gasteiger partial charge is 0.322 e. The maximum absolute atomic E-state index is 12.4. The topological polar surface area (TPSA) is 122 Å². The van der Waals surface area contributed by atoms with Crippen LogP contribution in [0.1, 0.15) is 21.7 Å². The molecule has 0 unspecified atom stereocenters. The van der Waals surface area contributed by atoms with E-state index in [1.54, 1.807) is 18.3 Å². The lowest BCUT2D eigenvalue weighted by molar-refractivity contribution is -0.135. The molecule has 5 aromatic rings. The average Bonchev–Trinajstić information content (AvgIpc) is 3.38. The largest absolute Gasteiger partial charge is 0.480 e. The predicted octanol–water partition coefficient (Wildman–Crippen LogP) is 3.77. The first-order chi connectivity index (χ1) is 19.6. The number of para-hydroxylation sites is 1. The van der Waals surface area contributed by atoms with Gasteiger partial charge in [-0.25, -0.2) is 14.5 Å². The van der Waals surface area contributed by atoms with E-state index in [-0.39, 0.29) is 0 Å². The standard InChI is InChI=1S/C30H26N6O4/c37-27(38)19-31-30(39)22-7-5-21(6-8-22)28-25(12-11-23-10-9-20-3-1-2-4-24(20)33-23)34-29-26(13-14-32-36(28)29)35-15-17-40-18-16-35/h1-14H,15-19H2,(H,31,39)(H,37,38). The molecular weight excluding hydrogens is 508 g/mol. The molecule has 1 amide bonds. The summed E-state index contributed by atoms with van der Waals surface area (Å²) in [4.78, 5) is 35.2. The van der Waals surface area contributed by atoms with Crippen molar-refractivity contribution in [1.29, 1.82) is 0 Å². The van der Waals surface area contributed by atoms with Gasteiger partial charge in [-0.2, -0.15) is 5.10 Å². The lowest BCUT2D eigenvalue weighted by atomic mass is 10.1. The molecular formula is C30H26N6O4. The number of amides is 1. The van der Waals surface area contributed by atoms with Crippen LogP contribution in [0.15, 0.2) is 72.9 Å². The molecule has 0 saturated carbocycles. The molecule has 0 radical (unpaired) electrons. The molecule has 6 rings (SSSR count).